The van der Waals surface area contributed by atoms with Crippen LogP contribution in [0.1, 0.15) is 6.92 Å². The van der Waals surface area contributed by atoms with Gasteiger partial charge in [-0.05, 0) is 13.0 Å². The highest BCUT2D eigenvalue weighted by Gasteiger charge is 1.95. The molecule has 72 valence electrons. The summed E-state index contributed by atoms with van der Waals surface area (Å²) in [6, 6.07) is 1.53. The topological polar surface area (TPSA) is 93.0 Å². The zero-order valence-electron chi connectivity index (χ0n) is 7.28. The van der Waals surface area contributed by atoms with Crippen molar-refractivity contribution in [3.05, 3.63) is 22.7 Å². The molecule has 0 aliphatic rings. The highest BCUT2D eigenvalue weighted by molar-refractivity contribution is 5.27. The zero-order valence-corrected chi connectivity index (χ0v) is 7.28. The Morgan fingerprint density at radius 2 is 2.62 bits per heavy atom. The summed E-state index contributed by atoms with van der Waals surface area (Å²) in [5.41, 5.74) is 7.56. The molecule has 0 radical (unpaired) electrons. The lowest BCUT2D eigenvalue weighted by molar-refractivity contribution is 0.179. The molecule has 0 aliphatic heterocycles. The molecule has 1 heterocycles. The van der Waals surface area contributed by atoms with Crippen molar-refractivity contribution in [2.24, 2.45) is 5.73 Å². The number of rotatable bonds is 4. The molecule has 4 N–H and O–H groups in total. The largest absolute Gasteiger partial charge is 0.346 e. The Hall–Kier alpha value is -1.40. The summed E-state index contributed by atoms with van der Waals surface area (Å²) in [5.74, 6) is 0.459. The lowest BCUT2D eigenvalue weighted by Crippen LogP contribution is -2.24. The third kappa shape index (κ3) is 3.68. The number of nitrogens with one attached hydrogen (secondary N) is 2. The van der Waals surface area contributed by atoms with E-state index < -0.39 is 5.69 Å². The number of anilines is 1. The van der Waals surface area contributed by atoms with Gasteiger partial charge < -0.3 is 5.73 Å². The van der Waals surface area contributed by atoms with Gasteiger partial charge in [0.15, 0.2) is 0 Å². The van der Waals surface area contributed by atoms with Crippen LogP contribution in [0.25, 0.3) is 0 Å². The van der Waals surface area contributed by atoms with Crippen LogP contribution in [0.15, 0.2) is 17.1 Å². The Kier molecular flexibility index (Phi) is 3.41. The molecule has 1 atom stereocenters. The molecule has 0 aliphatic carbocycles. The number of nitrogens with zero attached hydrogens (tertiary/aromatic N) is 1. The zero-order chi connectivity index (χ0) is 9.68. The van der Waals surface area contributed by atoms with Crippen molar-refractivity contribution in [3.8, 4) is 0 Å². The Bertz CT molecular complexity index is 309. The first-order valence-electron chi connectivity index (χ1n) is 3.87. The number of hydrogen-bond donors (Lipinski definition) is 3. The summed E-state index contributed by atoms with van der Waals surface area (Å²) < 4.78 is 0. The molecule has 0 spiro atoms. The van der Waals surface area contributed by atoms with Crippen LogP contribution >= 0.6 is 0 Å². The molecule has 0 aromatic carbocycles. The second-order valence-electron chi connectivity index (χ2n) is 2.68. The van der Waals surface area contributed by atoms with E-state index in [1.807, 2.05) is 6.92 Å². The Balaban J connectivity index is 2.41. The van der Waals surface area contributed by atoms with Crippen LogP contribution in [0.2, 0.25) is 0 Å². The van der Waals surface area contributed by atoms with E-state index >= 15 is 0 Å². The summed E-state index contributed by atoms with van der Waals surface area (Å²) in [5, 5.41) is 0. The monoisotopic (exact) mass is 184 g/mol. The average molecular weight is 184 g/mol. The highest BCUT2D eigenvalue weighted by atomic mass is 16.6. The minimum atomic E-state index is -0.422. The van der Waals surface area contributed by atoms with Crippen LogP contribution in [0.5, 0.6) is 0 Å². The number of nitrogens with two attached hydrogens (primary N) is 1. The maximum atomic E-state index is 10.7. The lowest BCUT2D eigenvalue weighted by atomic mass is 10.4. The molecule has 1 rings (SSSR count). The fraction of sp³-hybridized carbons (Fsp3) is 0.429. The van der Waals surface area contributed by atoms with Crippen LogP contribution in [0.4, 0.5) is 5.82 Å². The number of hydrogen-bond acceptors (Lipinski definition) is 5. The van der Waals surface area contributed by atoms with Gasteiger partial charge in [-0.2, -0.15) is 0 Å². The van der Waals surface area contributed by atoms with Gasteiger partial charge in [0.1, 0.15) is 5.82 Å². The van der Waals surface area contributed by atoms with Gasteiger partial charge in [0.2, 0.25) is 0 Å². The van der Waals surface area contributed by atoms with Gasteiger partial charge in [0, 0.05) is 12.2 Å². The van der Waals surface area contributed by atoms with Gasteiger partial charge in [-0.15, -0.1) is 0 Å². The smallest absolute Gasteiger partial charge is 0.326 e. The summed E-state index contributed by atoms with van der Waals surface area (Å²) >= 11 is 0. The van der Waals surface area contributed by atoms with Crippen LogP contribution in [0, 0.1) is 0 Å². The molecule has 1 aromatic heterocycles. The molecule has 6 heteroatoms. The van der Waals surface area contributed by atoms with Crippen LogP contribution < -0.4 is 16.9 Å². The van der Waals surface area contributed by atoms with Crippen molar-refractivity contribution in [2.75, 3.05) is 12.1 Å². The molecule has 0 saturated heterocycles. The van der Waals surface area contributed by atoms with Gasteiger partial charge in [0.05, 0.1) is 6.61 Å². The lowest BCUT2D eigenvalue weighted by Gasteiger charge is -2.07. The van der Waals surface area contributed by atoms with E-state index in [9.17, 15) is 4.79 Å². The fourth-order valence-electron chi connectivity index (χ4n) is 0.679. The molecular formula is C7H12N4O2. The van der Waals surface area contributed by atoms with Crippen molar-refractivity contribution in [2.45, 2.75) is 13.0 Å². The fourth-order valence-corrected chi connectivity index (χ4v) is 0.679. The first kappa shape index (κ1) is 9.69. The number of aromatic amines is 1. The molecule has 0 fully saturated rings. The van der Waals surface area contributed by atoms with Crippen LogP contribution in [0.3, 0.4) is 0 Å². The molecule has 6 nitrogen and oxygen atoms in total. The summed E-state index contributed by atoms with van der Waals surface area (Å²) in [6.45, 7) is 2.18. The molecule has 1 unspecified atom stereocenters. The van der Waals surface area contributed by atoms with Crippen LogP contribution in [-0.4, -0.2) is 22.6 Å². The van der Waals surface area contributed by atoms with Gasteiger partial charge >= 0.3 is 5.69 Å². The Morgan fingerprint density at radius 1 is 1.85 bits per heavy atom. The summed E-state index contributed by atoms with van der Waals surface area (Å²) in [4.78, 5) is 21.6. The standard InChI is InChI=1S/C7H12N4O2/c1-5(8)4-13-11-6-2-3-9-7(12)10-6/h2-3,5H,4,8H2,1H3,(H2,9,10,11,12). The predicted molar refractivity (Wildman–Crippen MR) is 48.1 cm³/mol. The maximum Gasteiger partial charge on any atom is 0.346 e. The van der Waals surface area contributed by atoms with Crippen molar-refractivity contribution < 1.29 is 4.84 Å². The SMILES string of the molecule is CC(N)CONc1ccnc(=O)[nH]1. The van der Waals surface area contributed by atoms with Crippen molar-refractivity contribution in [1.29, 1.82) is 0 Å². The van der Waals surface area contributed by atoms with E-state index in [0.717, 1.165) is 0 Å². The Morgan fingerprint density at radius 3 is 3.23 bits per heavy atom. The van der Waals surface area contributed by atoms with Crippen LogP contribution in [-0.2, 0) is 4.84 Å². The van der Waals surface area contributed by atoms with Crippen molar-refractivity contribution in [1.82, 2.24) is 9.97 Å². The van der Waals surface area contributed by atoms with E-state index in [2.05, 4.69) is 15.4 Å². The third-order valence-corrected chi connectivity index (χ3v) is 1.20. The maximum absolute atomic E-state index is 10.7. The minimum Gasteiger partial charge on any atom is -0.326 e. The van der Waals surface area contributed by atoms with Crippen molar-refractivity contribution in [3.63, 3.8) is 0 Å². The van der Waals surface area contributed by atoms with E-state index in [1.165, 1.54) is 6.20 Å². The molecular weight excluding hydrogens is 172 g/mol. The van der Waals surface area contributed by atoms with Gasteiger partial charge in [-0.1, -0.05) is 0 Å². The van der Waals surface area contributed by atoms with E-state index in [-0.39, 0.29) is 6.04 Å². The first-order chi connectivity index (χ1) is 6.18. The number of H-pyrrole nitrogens is 1. The quantitative estimate of drug-likeness (QED) is 0.546. The Labute approximate surface area is 75.1 Å². The molecule has 13 heavy (non-hydrogen) atoms. The number of aromatic nitrogens is 2. The highest BCUT2D eigenvalue weighted by Crippen LogP contribution is 1.95. The second kappa shape index (κ2) is 4.58. The van der Waals surface area contributed by atoms with Gasteiger partial charge in [-0.25, -0.2) is 9.78 Å². The summed E-state index contributed by atoms with van der Waals surface area (Å²) in [6.07, 6.45) is 1.39. The predicted octanol–water partition coefficient (Wildman–Crippen LogP) is -0.539. The molecule has 1 aromatic rings. The molecule has 0 bridgehead atoms. The minimum absolute atomic E-state index is 0.0546. The normalized spacial score (nSPS) is 12.5. The van der Waals surface area contributed by atoms with E-state index in [0.29, 0.717) is 12.4 Å². The van der Waals surface area contributed by atoms with Gasteiger partial charge in [-0.3, -0.25) is 15.3 Å². The van der Waals surface area contributed by atoms with Gasteiger partial charge in [0.25, 0.3) is 0 Å². The average Bonchev–Trinajstić information content (AvgIpc) is 2.03. The summed E-state index contributed by atoms with van der Waals surface area (Å²) in [7, 11) is 0. The van der Waals surface area contributed by atoms with E-state index in [4.69, 9.17) is 10.6 Å². The van der Waals surface area contributed by atoms with Crippen molar-refractivity contribution >= 4 is 5.82 Å². The molecule has 0 amide bonds. The first-order valence-corrected chi connectivity index (χ1v) is 3.87. The van der Waals surface area contributed by atoms with E-state index in [1.54, 1.807) is 6.07 Å². The second-order valence-corrected chi connectivity index (χ2v) is 2.68. The molecule has 0 saturated carbocycles. The third-order valence-electron chi connectivity index (χ3n) is 1.20.